The van der Waals surface area contributed by atoms with E-state index >= 15 is 0 Å². The monoisotopic (exact) mass is 302 g/mol. The summed E-state index contributed by atoms with van der Waals surface area (Å²) < 4.78 is 11.3. The van der Waals surface area contributed by atoms with Crippen LogP contribution in [0.25, 0.3) is 0 Å². The number of fused-ring (bicyclic) bond motifs is 1. The summed E-state index contributed by atoms with van der Waals surface area (Å²) >= 11 is 0.245. The van der Waals surface area contributed by atoms with Crippen LogP contribution in [-0.4, -0.2) is 39.7 Å². The number of rotatable bonds is 3. The van der Waals surface area contributed by atoms with Crippen LogP contribution in [0.15, 0.2) is 12.1 Å². The zero-order valence-corrected chi connectivity index (χ0v) is 11.4. The third-order valence-electron chi connectivity index (χ3n) is 2.58. The van der Waals surface area contributed by atoms with Crippen LogP contribution >= 0.6 is 0 Å². The zero-order valence-electron chi connectivity index (χ0n) is 9.73. The van der Waals surface area contributed by atoms with Gasteiger partial charge in [0.2, 0.25) is 0 Å². The Labute approximate surface area is 106 Å². The maximum absolute atomic E-state index is 10.8. The summed E-state index contributed by atoms with van der Waals surface area (Å²) in [4.78, 5) is 11.1. The molecule has 0 bridgehead atoms. The Morgan fingerprint density at radius 1 is 1.59 bits per heavy atom. The number of aromatic hydroxyl groups is 1. The van der Waals surface area contributed by atoms with Crippen LogP contribution in [0.1, 0.15) is 12.5 Å². The molecule has 1 aromatic rings. The van der Waals surface area contributed by atoms with Gasteiger partial charge in [-0.25, -0.2) is 0 Å². The van der Waals surface area contributed by atoms with E-state index in [1.54, 1.807) is 6.07 Å². The van der Waals surface area contributed by atoms with Crippen molar-refractivity contribution >= 4 is 25.4 Å². The van der Waals surface area contributed by atoms with Crippen LogP contribution in [0.4, 0.5) is 0 Å². The number of hydrogen-bond acceptors (Lipinski definition) is 4. The number of phenolic OH excluding ortho intramolecular Hbond substituents is 1. The van der Waals surface area contributed by atoms with Crippen molar-refractivity contribution in [2.75, 3.05) is 13.7 Å². The molecule has 0 saturated carbocycles. The molecule has 1 aliphatic heterocycles. The molecule has 1 unspecified atom stereocenters. The van der Waals surface area contributed by atoms with Crippen molar-refractivity contribution in [1.82, 2.24) is 0 Å². The molecule has 1 N–H and O–H groups in total. The molecule has 0 radical (unpaired) electrons. The Bertz CT molecular complexity index is 444. The second-order valence-corrected chi connectivity index (χ2v) is 6.69. The van der Waals surface area contributed by atoms with Gasteiger partial charge in [-0.05, 0) is 0 Å². The van der Waals surface area contributed by atoms with Gasteiger partial charge in [-0.3, -0.25) is 0 Å². The van der Waals surface area contributed by atoms with Crippen molar-refractivity contribution in [2.45, 2.75) is 18.2 Å². The number of esters is 1. The molecule has 1 aliphatic rings. The first-order chi connectivity index (χ1) is 8.10. The molecule has 1 atom stereocenters. The second kappa shape index (κ2) is 4.98. The summed E-state index contributed by atoms with van der Waals surface area (Å²) in [5, 5.41) is 9.68. The van der Waals surface area contributed by atoms with Gasteiger partial charge in [0.05, 0.1) is 0 Å². The van der Waals surface area contributed by atoms with E-state index in [2.05, 4.69) is 0 Å². The van der Waals surface area contributed by atoms with Crippen LogP contribution in [-0.2, 0) is 16.0 Å². The van der Waals surface area contributed by atoms with Gasteiger partial charge in [0.25, 0.3) is 0 Å². The molecule has 0 saturated heterocycles. The number of benzene rings is 1. The Kier molecular flexibility index (Phi) is 3.60. The van der Waals surface area contributed by atoms with Crippen LogP contribution in [0, 0.1) is 0 Å². The number of methoxy groups -OCH3 is 1. The van der Waals surface area contributed by atoms with Crippen molar-refractivity contribution < 1.29 is 19.4 Å². The molecule has 0 spiro atoms. The molecule has 92 valence electrons. The summed E-state index contributed by atoms with van der Waals surface area (Å²) in [6.45, 7) is 1.89. The molecule has 0 amide bonds. The molecule has 17 heavy (non-hydrogen) atoms. The Hall–Kier alpha value is -1.19. The zero-order chi connectivity index (χ0) is 12.4. The fourth-order valence-electron chi connectivity index (χ4n) is 1.79. The van der Waals surface area contributed by atoms with E-state index < -0.39 is 0 Å². The van der Waals surface area contributed by atoms with Crippen molar-refractivity contribution in [3.8, 4) is 11.5 Å². The molecule has 1 heterocycles. The number of carbonyl (C=O) groups excluding carboxylic acids is 1. The van der Waals surface area contributed by atoms with Gasteiger partial charge in [0.1, 0.15) is 0 Å². The van der Waals surface area contributed by atoms with Crippen molar-refractivity contribution in [2.24, 2.45) is 0 Å². The van der Waals surface area contributed by atoms with Crippen LogP contribution in [0.2, 0.25) is 4.82 Å². The van der Waals surface area contributed by atoms with Crippen LogP contribution < -0.4 is 9.20 Å². The molecule has 4 nitrogen and oxygen atoms in total. The number of hydrogen-bond donors (Lipinski definition) is 1. The van der Waals surface area contributed by atoms with E-state index in [1.807, 2.05) is 6.07 Å². The summed E-state index contributed by atoms with van der Waals surface area (Å²) in [6.07, 6.45) is 0.888. The van der Waals surface area contributed by atoms with Gasteiger partial charge in [-0.2, -0.15) is 0 Å². The summed E-state index contributed by atoms with van der Waals surface area (Å²) in [6, 6.07) is 3.64. The minimum absolute atomic E-state index is 0.182. The molecular weight excluding hydrogens is 287 g/mol. The fourth-order valence-corrected chi connectivity index (χ4v) is 4.38. The average Bonchev–Trinajstić information content (AvgIpc) is 2.67. The average molecular weight is 301 g/mol. The van der Waals surface area contributed by atoms with Gasteiger partial charge in [-0.1, -0.05) is 0 Å². The van der Waals surface area contributed by atoms with Crippen LogP contribution in [0.5, 0.6) is 11.5 Å². The predicted molar refractivity (Wildman–Crippen MR) is 64.1 cm³/mol. The minimum atomic E-state index is -0.239. The van der Waals surface area contributed by atoms with Crippen molar-refractivity contribution in [3.63, 3.8) is 0 Å². The number of carbonyl (C=O) groups is 1. The van der Waals surface area contributed by atoms with Gasteiger partial charge in [-0.15, -0.1) is 0 Å². The number of phenols is 1. The van der Waals surface area contributed by atoms with E-state index in [4.69, 9.17) is 9.47 Å². The van der Waals surface area contributed by atoms with Gasteiger partial charge < -0.3 is 0 Å². The van der Waals surface area contributed by atoms with Gasteiger partial charge in [0, 0.05) is 0 Å². The molecule has 0 fully saturated rings. The Morgan fingerprint density at radius 3 is 3.00 bits per heavy atom. The third kappa shape index (κ3) is 2.73. The van der Waals surface area contributed by atoms with Crippen molar-refractivity contribution in [1.29, 1.82) is 0 Å². The number of ether oxygens (including phenoxy) is 2. The summed E-state index contributed by atoms with van der Waals surface area (Å²) in [7, 11) is 1.54. The molecule has 0 aromatic heterocycles. The quantitative estimate of drug-likeness (QED) is 0.657. The van der Waals surface area contributed by atoms with Gasteiger partial charge >= 0.3 is 106 Å². The molecule has 0 aliphatic carbocycles. The molecule has 1 aromatic carbocycles. The second-order valence-electron chi connectivity index (χ2n) is 3.88. The standard InChI is InChI=1S/C12H14O4Se/c1-7(13)16-6-9-3-8-4-11(15-2)10(14)5-12(8)17-9/h4-5,9,14H,3,6H2,1-2H3. The topological polar surface area (TPSA) is 55.8 Å². The predicted octanol–water partition coefficient (Wildman–Crippen LogP) is 0.638. The normalized spacial score (nSPS) is 17.6. The third-order valence-corrected chi connectivity index (χ3v) is 5.24. The van der Waals surface area contributed by atoms with E-state index in [0.29, 0.717) is 17.2 Å². The molecular formula is C12H14O4Se. The first-order valence-corrected chi connectivity index (χ1v) is 7.14. The SMILES string of the molecule is COc1cc2c(cc1O)[Se]C(COC(C)=O)C2. The Balaban J connectivity index is 2.08. The first-order valence-electron chi connectivity index (χ1n) is 5.30. The van der Waals surface area contributed by atoms with Crippen molar-refractivity contribution in [3.05, 3.63) is 17.7 Å². The van der Waals surface area contributed by atoms with E-state index in [1.165, 1.54) is 24.1 Å². The Morgan fingerprint density at radius 2 is 2.35 bits per heavy atom. The van der Waals surface area contributed by atoms with E-state index in [9.17, 15) is 9.90 Å². The summed E-state index contributed by atoms with van der Waals surface area (Å²) in [5.74, 6) is 0.450. The van der Waals surface area contributed by atoms with Gasteiger partial charge in [0.15, 0.2) is 0 Å². The molecule has 5 heteroatoms. The van der Waals surface area contributed by atoms with Crippen LogP contribution in [0.3, 0.4) is 0 Å². The fraction of sp³-hybridized carbons (Fsp3) is 0.417. The summed E-state index contributed by atoms with van der Waals surface area (Å²) in [5.41, 5.74) is 1.19. The van der Waals surface area contributed by atoms with E-state index in [0.717, 1.165) is 6.42 Å². The molecule has 2 rings (SSSR count). The van der Waals surface area contributed by atoms with E-state index in [-0.39, 0.29) is 26.7 Å². The first kappa shape index (κ1) is 12.3. The maximum atomic E-state index is 10.8.